The van der Waals surface area contributed by atoms with Crippen LogP contribution in [0.1, 0.15) is 48.5 Å². The molecule has 0 aromatic heterocycles. The van der Waals surface area contributed by atoms with Gasteiger partial charge in [-0.15, -0.1) is 0 Å². The first kappa shape index (κ1) is 13.9. The summed E-state index contributed by atoms with van der Waals surface area (Å²) in [6, 6.07) is 6.45. The molecule has 3 nitrogen and oxygen atoms in total. The summed E-state index contributed by atoms with van der Waals surface area (Å²) >= 11 is 0. The molecule has 2 N–H and O–H groups in total. The monoisotopic (exact) mass is 260 g/mol. The summed E-state index contributed by atoms with van der Waals surface area (Å²) in [6.07, 6.45) is 5.17. The van der Waals surface area contributed by atoms with Crippen molar-refractivity contribution in [1.82, 2.24) is 5.32 Å². The van der Waals surface area contributed by atoms with E-state index in [2.05, 4.69) is 24.5 Å². The minimum atomic E-state index is -0.0269. The summed E-state index contributed by atoms with van der Waals surface area (Å²) in [5.74, 6) is 0.789. The lowest BCUT2D eigenvalue weighted by Crippen LogP contribution is -2.26. The fourth-order valence-electron chi connectivity index (χ4n) is 2.90. The Morgan fingerprint density at radius 3 is 2.74 bits per heavy atom. The second-order valence-corrected chi connectivity index (χ2v) is 5.72. The van der Waals surface area contributed by atoms with Gasteiger partial charge in [0.15, 0.2) is 0 Å². The van der Waals surface area contributed by atoms with Gasteiger partial charge in [-0.1, -0.05) is 19.8 Å². The number of hydrogen-bond donors (Lipinski definition) is 2. The Morgan fingerprint density at radius 1 is 1.32 bits per heavy atom. The molecule has 1 aromatic carbocycles. The zero-order valence-electron chi connectivity index (χ0n) is 12.1. The second kappa shape index (κ2) is 6.09. The zero-order valence-corrected chi connectivity index (χ0v) is 12.1. The molecule has 1 aromatic rings. The van der Waals surface area contributed by atoms with Crippen LogP contribution in [-0.4, -0.2) is 19.0 Å². The number of aryl methyl sites for hydroxylation is 1. The number of rotatable bonds is 3. The maximum absolute atomic E-state index is 11.6. The summed E-state index contributed by atoms with van der Waals surface area (Å²) in [5.41, 5.74) is 3.02. The Labute approximate surface area is 115 Å². The first-order valence-corrected chi connectivity index (χ1v) is 7.19. The normalized spacial score (nSPS) is 22.9. The Bertz CT molecular complexity index is 456. The van der Waals surface area contributed by atoms with Gasteiger partial charge in [-0.25, -0.2) is 0 Å². The molecule has 1 fully saturated rings. The molecule has 2 rings (SSSR count). The fourth-order valence-corrected chi connectivity index (χ4v) is 2.90. The Hall–Kier alpha value is -1.51. The number of hydrogen-bond acceptors (Lipinski definition) is 2. The number of benzene rings is 1. The number of amides is 1. The third-order valence-corrected chi connectivity index (χ3v) is 4.01. The van der Waals surface area contributed by atoms with E-state index in [1.165, 1.54) is 25.7 Å². The summed E-state index contributed by atoms with van der Waals surface area (Å²) in [6.45, 7) is 4.39. The Balaban J connectivity index is 2.06. The molecule has 0 bridgehead atoms. The molecule has 1 aliphatic carbocycles. The van der Waals surface area contributed by atoms with Crippen LogP contribution in [-0.2, 0) is 0 Å². The van der Waals surface area contributed by atoms with E-state index < -0.39 is 0 Å². The highest BCUT2D eigenvalue weighted by molar-refractivity contribution is 5.94. The molecule has 2 unspecified atom stereocenters. The van der Waals surface area contributed by atoms with Crippen molar-refractivity contribution in [3.63, 3.8) is 0 Å². The fraction of sp³-hybridized carbons (Fsp3) is 0.562. The van der Waals surface area contributed by atoms with E-state index in [0.717, 1.165) is 22.7 Å². The second-order valence-electron chi connectivity index (χ2n) is 5.72. The lowest BCUT2D eigenvalue weighted by atomic mass is 9.87. The van der Waals surface area contributed by atoms with Gasteiger partial charge in [-0.2, -0.15) is 0 Å². The standard InChI is InChI=1S/C16H24N2O/c1-11-5-4-6-14(9-11)18-15-8-7-13(10-12(15)2)16(19)17-3/h7-8,10-11,14,18H,4-6,9H2,1-3H3,(H,17,19). The van der Waals surface area contributed by atoms with Crippen LogP contribution in [0.2, 0.25) is 0 Å². The quantitative estimate of drug-likeness (QED) is 0.875. The summed E-state index contributed by atoms with van der Waals surface area (Å²) < 4.78 is 0. The molecule has 3 heteroatoms. The van der Waals surface area contributed by atoms with E-state index in [-0.39, 0.29) is 5.91 Å². The molecule has 0 radical (unpaired) electrons. The summed E-state index contributed by atoms with van der Waals surface area (Å²) in [4.78, 5) is 11.6. The van der Waals surface area contributed by atoms with Gasteiger partial charge in [0, 0.05) is 24.3 Å². The molecule has 0 spiro atoms. The maximum Gasteiger partial charge on any atom is 0.251 e. The van der Waals surface area contributed by atoms with Crippen molar-refractivity contribution in [3.05, 3.63) is 29.3 Å². The van der Waals surface area contributed by atoms with Crippen LogP contribution in [0, 0.1) is 12.8 Å². The van der Waals surface area contributed by atoms with E-state index in [1.54, 1.807) is 7.05 Å². The van der Waals surface area contributed by atoms with Gasteiger partial charge in [-0.05, 0) is 49.4 Å². The van der Waals surface area contributed by atoms with Crippen molar-refractivity contribution >= 4 is 11.6 Å². The smallest absolute Gasteiger partial charge is 0.251 e. The lowest BCUT2D eigenvalue weighted by Gasteiger charge is -2.29. The molecule has 0 heterocycles. The molecule has 0 saturated heterocycles. The number of carbonyl (C=O) groups is 1. The molecule has 1 aliphatic rings. The Morgan fingerprint density at radius 2 is 2.11 bits per heavy atom. The van der Waals surface area contributed by atoms with E-state index >= 15 is 0 Å². The number of nitrogens with one attached hydrogen (secondary N) is 2. The van der Waals surface area contributed by atoms with Gasteiger partial charge in [0.2, 0.25) is 0 Å². The number of anilines is 1. The van der Waals surface area contributed by atoms with Crippen LogP contribution < -0.4 is 10.6 Å². The molecule has 2 atom stereocenters. The molecule has 104 valence electrons. The van der Waals surface area contributed by atoms with Crippen LogP contribution in [0.15, 0.2) is 18.2 Å². The third kappa shape index (κ3) is 3.49. The van der Waals surface area contributed by atoms with Crippen molar-refractivity contribution in [2.24, 2.45) is 5.92 Å². The minimum absolute atomic E-state index is 0.0269. The first-order chi connectivity index (χ1) is 9.10. The molecular weight excluding hydrogens is 236 g/mol. The largest absolute Gasteiger partial charge is 0.382 e. The zero-order chi connectivity index (χ0) is 13.8. The first-order valence-electron chi connectivity index (χ1n) is 7.19. The van der Waals surface area contributed by atoms with Crippen molar-refractivity contribution in [2.75, 3.05) is 12.4 Å². The highest BCUT2D eigenvalue weighted by atomic mass is 16.1. The Kier molecular flexibility index (Phi) is 4.46. The molecular formula is C16H24N2O. The lowest BCUT2D eigenvalue weighted by molar-refractivity contribution is 0.0963. The van der Waals surface area contributed by atoms with Gasteiger partial charge in [0.05, 0.1) is 0 Å². The van der Waals surface area contributed by atoms with Crippen molar-refractivity contribution < 1.29 is 4.79 Å². The van der Waals surface area contributed by atoms with Crippen LogP contribution >= 0.6 is 0 Å². The van der Waals surface area contributed by atoms with Crippen LogP contribution in [0.25, 0.3) is 0 Å². The van der Waals surface area contributed by atoms with E-state index in [4.69, 9.17) is 0 Å². The van der Waals surface area contributed by atoms with Gasteiger partial charge in [0.1, 0.15) is 0 Å². The van der Waals surface area contributed by atoms with Crippen LogP contribution in [0.5, 0.6) is 0 Å². The van der Waals surface area contributed by atoms with Crippen molar-refractivity contribution in [3.8, 4) is 0 Å². The van der Waals surface area contributed by atoms with Crippen molar-refractivity contribution in [1.29, 1.82) is 0 Å². The minimum Gasteiger partial charge on any atom is -0.382 e. The summed E-state index contributed by atoms with van der Waals surface area (Å²) in [7, 11) is 1.66. The predicted octanol–water partition coefficient (Wildman–Crippen LogP) is 3.35. The average Bonchev–Trinajstić information content (AvgIpc) is 2.40. The molecule has 19 heavy (non-hydrogen) atoms. The maximum atomic E-state index is 11.6. The number of carbonyl (C=O) groups excluding carboxylic acids is 1. The highest BCUT2D eigenvalue weighted by Crippen LogP contribution is 2.27. The van der Waals surface area contributed by atoms with Gasteiger partial charge >= 0.3 is 0 Å². The van der Waals surface area contributed by atoms with Crippen molar-refractivity contribution in [2.45, 2.75) is 45.6 Å². The van der Waals surface area contributed by atoms with E-state index in [0.29, 0.717) is 6.04 Å². The predicted molar refractivity (Wildman–Crippen MR) is 79.6 cm³/mol. The SMILES string of the molecule is CNC(=O)c1ccc(NC2CCCC(C)C2)c(C)c1. The molecule has 0 aliphatic heterocycles. The highest BCUT2D eigenvalue weighted by Gasteiger charge is 2.19. The van der Waals surface area contributed by atoms with Gasteiger partial charge in [0.25, 0.3) is 5.91 Å². The third-order valence-electron chi connectivity index (χ3n) is 4.01. The topological polar surface area (TPSA) is 41.1 Å². The summed E-state index contributed by atoms with van der Waals surface area (Å²) in [5, 5.41) is 6.29. The van der Waals surface area contributed by atoms with Gasteiger partial charge < -0.3 is 10.6 Å². The molecule has 1 saturated carbocycles. The average molecular weight is 260 g/mol. The van der Waals surface area contributed by atoms with Crippen LogP contribution in [0.3, 0.4) is 0 Å². The van der Waals surface area contributed by atoms with E-state index in [1.807, 2.05) is 18.2 Å². The van der Waals surface area contributed by atoms with E-state index in [9.17, 15) is 4.79 Å². The van der Waals surface area contributed by atoms with Crippen LogP contribution in [0.4, 0.5) is 5.69 Å². The van der Waals surface area contributed by atoms with Gasteiger partial charge in [-0.3, -0.25) is 4.79 Å². The molecule has 1 amide bonds.